The summed E-state index contributed by atoms with van der Waals surface area (Å²) in [5.74, 6) is 0.435. The van der Waals surface area contributed by atoms with Crippen LogP contribution >= 0.6 is 0 Å². The van der Waals surface area contributed by atoms with Gasteiger partial charge < -0.3 is 10.6 Å². The highest BCUT2D eigenvalue weighted by Gasteiger charge is 2.11. The summed E-state index contributed by atoms with van der Waals surface area (Å²) < 4.78 is 0. The van der Waals surface area contributed by atoms with E-state index in [1.54, 1.807) is 13.2 Å². The quantitative estimate of drug-likeness (QED) is 0.728. The maximum Gasteiger partial charge on any atom is 0.271 e. The number of hydrogen-bond donors (Lipinski definition) is 2. The number of anilines is 1. The Hall–Kier alpha value is -1.65. The van der Waals surface area contributed by atoms with E-state index in [0.29, 0.717) is 11.5 Å². The van der Waals surface area contributed by atoms with Crippen LogP contribution in [0, 0.1) is 0 Å². The number of rotatable bonds is 7. The molecule has 1 aromatic heterocycles. The molecule has 2 N–H and O–H groups in total. The van der Waals surface area contributed by atoms with Crippen molar-refractivity contribution in [3.63, 3.8) is 0 Å². The third kappa shape index (κ3) is 4.69. The first-order valence-corrected chi connectivity index (χ1v) is 6.48. The zero-order valence-electron chi connectivity index (χ0n) is 11.4. The largest absolute Gasteiger partial charge is 0.372 e. The molecule has 1 heterocycles. The van der Waals surface area contributed by atoms with Crippen LogP contribution < -0.4 is 10.6 Å². The fourth-order valence-electron chi connectivity index (χ4n) is 1.67. The van der Waals surface area contributed by atoms with Gasteiger partial charge in [-0.15, -0.1) is 0 Å². The molecule has 0 radical (unpaired) electrons. The molecule has 0 aliphatic heterocycles. The van der Waals surface area contributed by atoms with E-state index in [4.69, 9.17) is 0 Å². The van der Waals surface area contributed by atoms with E-state index < -0.39 is 0 Å². The Labute approximate surface area is 108 Å². The first kappa shape index (κ1) is 14.4. The van der Waals surface area contributed by atoms with Gasteiger partial charge in [0, 0.05) is 13.1 Å². The molecule has 1 rings (SSSR count). The average molecular weight is 250 g/mol. The molecule has 0 saturated carbocycles. The van der Waals surface area contributed by atoms with Crippen LogP contribution in [-0.4, -0.2) is 29.0 Å². The zero-order chi connectivity index (χ0) is 13.4. The van der Waals surface area contributed by atoms with Crippen molar-refractivity contribution in [3.05, 3.63) is 18.1 Å². The lowest BCUT2D eigenvalue weighted by Crippen LogP contribution is -2.33. The maximum absolute atomic E-state index is 11.9. The van der Waals surface area contributed by atoms with Gasteiger partial charge in [0.1, 0.15) is 11.5 Å². The first-order valence-electron chi connectivity index (χ1n) is 6.48. The lowest BCUT2D eigenvalue weighted by Gasteiger charge is -2.13. The molecule has 1 aromatic rings. The standard InChI is InChI=1S/C13H22N4O/c1-4-5-6-7-10(2)16-13(18)11-8-15-9-12(14-3)17-11/h8-10H,4-7H2,1-3H3,(H,14,17)(H,16,18). The highest BCUT2D eigenvalue weighted by atomic mass is 16.1. The van der Waals surface area contributed by atoms with Crippen molar-refractivity contribution < 1.29 is 4.79 Å². The highest BCUT2D eigenvalue weighted by molar-refractivity contribution is 5.92. The molecule has 1 amide bonds. The molecular weight excluding hydrogens is 228 g/mol. The monoisotopic (exact) mass is 250 g/mol. The Balaban J connectivity index is 2.48. The van der Waals surface area contributed by atoms with E-state index in [0.717, 1.165) is 12.8 Å². The van der Waals surface area contributed by atoms with Crippen LogP contribution in [0.1, 0.15) is 50.0 Å². The minimum Gasteiger partial charge on any atom is -0.372 e. The van der Waals surface area contributed by atoms with Crippen LogP contribution in [0.25, 0.3) is 0 Å². The summed E-state index contributed by atoms with van der Waals surface area (Å²) in [6.07, 6.45) is 7.60. The predicted octanol–water partition coefficient (Wildman–Crippen LogP) is 2.22. The molecule has 0 spiro atoms. The summed E-state index contributed by atoms with van der Waals surface area (Å²) >= 11 is 0. The summed E-state index contributed by atoms with van der Waals surface area (Å²) in [6, 6.07) is 0.170. The van der Waals surface area contributed by atoms with Gasteiger partial charge >= 0.3 is 0 Å². The SMILES string of the molecule is CCCCCC(C)NC(=O)c1cncc(NC)n1. The van der Waals surface area contributed by atoms with Crippen LogP contribution in [-0.2, 0) is 0 Å². The minimum atomic E-state index is -0.163. The van der Waals surface area contributed by atoms with Crippen molar-refractivity contribution >= 4 is 11.7 Å². The summed E-state index contributed by atoms with van der Waals surface area (Å²) in [4.78, 5) is 20.0. The predicted molar refractivity (Wildman–Crippen MR) is 72.6 cm³/mol. The van der Waals surface area contributed by atoms with Gasteiger partial charge in [-0.3, -0.25) is 9.78 Å². The van der Waals surface area contributed by atoms with Gasteiger partial charge in [-0.25, -0.2) is 4.98 Å². The number of hydrogen-bond acceptors (Lipinski definition) is 4. The molecule has 1 unspecified atom stereocenters. The third-order valence-electron chi connectivity index (χ3n) is 2.74. The molecule has 5 heteroatoms. The van der Waals surface area contributed by atoms with Gasteiger partial charge in [0.2, 0.25) is 0 Å². The zero-order valence-corrected chi connectivity index (χ0v) is 11.4. The number of carbonyl (C=O) groups excluding carboxylic acids is 1. The van der Waals surface area contributed by atoms with E-state index in [1.807, 2.05) is 6.92 Å². The normalized spacial score (nSPS) is 11.9. The average Bonchev–Trinajstić information content (AvgIpc) is 2.39. The number of nitrogens with zero attached hydrogens (tertiary/aromatic N) is 2. The van der Waals surface area contributed by atoms with Gasteiger partial charge in [0.25, 0.3) is 5.91 Å². The van der Waals surface area contributed by atoms with E-state index in [2.05, 4.69) is 27.5 Å². The lowest BCUT2D eigenvalue weighted by molar-refractivity contribution is 0.0932. The maximum atomic E-state index is 11.9. The summed E-state index contributed by atoms with van der Waals surface area (Å²) in [5, 5.41) is 5.80. The molecular formula is C13H22N4O. The second-order valence-corrected chi connectivity index (χ2v) is 4.41. The molecule has 0 fully saturated rings. The Morgan fingerprint density at radius 1 is 1.39 bits per heavy atom. The van der Waals surface area contributed by atoms with Gasteiger partial charge in [-0.2, -0.15) is 0 Å². The fourth-order valence-corrected chi connectivity index (χ4v) is 1.67. The molecule has 1 atom stereocenters. The smallest absolute Gasteiger partial charge is 0.271 e. The van der Waals surface area contributed by atoms with Crippen molar-refractivity contribution in [2.45, 2.75) is 45.6 Å². The Morgan fingerprint density at radius 3 is 2.83 bits per heavy atom. The fraction of sp³-hybridized carbons (Fsp3) is 0.615. The van der Waals surface area contributed by atoms with Gasteiger partial charge in [0.05, 0.1) is 12.4 Å². The van der Waals surface area contributed by atoms with Crippen molar-refractivity contribution in [1.82, 2.24) is 15.3 Å². The second kappa shape index (κ2) is 7.63. The molecule has 0 aliphatic carbocycles. The van der Waals surface area contributed by atoms with Crippen molar-refractivity contribution in [2.24, 2.45) is 0 Å². The van der Waals surface area contributed by atoms with Crippen LogP contribution in [0.2, 0.25) is 0 Å². The number of carbonyl (C=O) groups is 1. The summed E-state index contributed by atoms with van der Waals surface area (Å²) in [7, 11) is 1.75. The van der Waals surface area contributed by atoms with Crippen LogP contribution in [0.15, 0.2) is 12.4 Å². The number of nitrogens with one attached hydrogen (secondary N) is 2. The first-order chi connectivity index (χ1) is 8.67. The van der Waals surface area contributed by atoms with Crippen LogP contribution in [0.4, 0.5) is 5.82 Å². The topological polar surface area (TPSA) is 66.9 Å². The molecule has 100 valence electrons. The van der Waals surface area contributed by atoms with Crippen molar-refractivity contribution in [1.29, 1.82) is 0 Å². The minimum absolute atomic E-state index is 0.163. The second-order valence-electron chi connectivity index (χ2n) is 4.41. The van der Waals surface area contributed by atoms with E-state index in [-0.39, 0.29) is 11.9 Å². The molecule has 5 nitrogen and oxygen atoms in total. The molecule has 0 aliphatic rings. The van der Waals surface area contributed by atoms with E-state index in [9.17, 15) is 4.79 Å². The Morgan fingerprint density at radius 2 is 2.17 bits per heavy atom. The molecule has 0 saturated heterocycles. The number of unbranched alkanes of at least 4 members (excludes halogenated alkanes) is 2. The van der Waals surface area contributed by atoms with Gasteiger partial charge in [-0.05, 0) is 13.3 Å². The molecule has 18 heavy (non-hydrogen) atoms. The summed E-state index contributed by atoms with van der Waals surface area (Å²) in [6.45, 7) is 4.19. The van der Waals surface area contributed by atoms with Crippen molar-refractivity contribution in [2.75, 3.05) is 12.4 Å². The summed E-state index contributed by atoms with van der Waals surface area (Å²) in [5.41, 5.74) is 0.351. The van der Waals surface area contributed by atoms with Gasteiger partial charge in [0.15, 0.2) is 0 Å². The van der Waals surface area contributed by atoms with E-state index >= 15 is 0 Å². The Bertz CT molecular complexity index is 381. The lowest BCUT2D eigenvalue weighted by atomic mass is 10.1. The highest BCUT2D eigenvalue weighted by Crippen LogP contribution is 2.05. The number of aromatic nitrogens is 2. The van der Waals surface area contributed by atoms with Crippen LogP contribution in [0.5, 0.6) is 0 Å². The van der Waals surface area contributed by atoms with Gasteiger partial charge in [-0.1, -0.05) is 26.2 Å². The molecule has 0 aromatic carbocycles. The Kier molecular flexibility index (Phi) is 6.11. The van der Waals surface area contributed by atoms with Crippen molar-refractivity contribution in [3.8, 4) is 0 Å². The van der Waals surface area contributed by atoms with Crippen LogP contribution in [0.3, 0.4) is 0 Å². The molecule has 0 bridgehead atoms. The third-order valence-corrected chi connectivity index (χ3v) is 2.74. The van der Waals surface area contributed by atoms with E-state index in [1.165, 1.54) is 19.0 Å². The number of amides is 1.